The monoisotopic (exact) mass is 339 g/mol. The van der Waals surface area contributed by atoms with E-state index < -0.39 is 0 Å². The van der Waals surface area contributed by atoms with Crippen LogP contribution < -0.4 is 5.32 Å². The summed E-state index contributed by atoms with van der Waals surface area (Å²) in [7, 11) is 0. The molecule has 0 aliphatic rings. The summed E-state index contributed by atoms with van der Waals surface area (Å²) in [6.45, 7) is 1.14. The minimum absolute atomic E-state index is 0.279. The number of rotatable bonds is 7. The molecular weight excluding hydrogens is 325 g/mol. The largest absolute Gasteiger partial charge is 0.396 e. The molecule has 2 N–H and O–H groups in total. The van der Waals surface area contributed by atoms with Gasteiger partial charge in [-0.05, 0) is 40.9 Å². The zero-order valence-corrected chi connectivity index (χ0v) is 12.6. The summed E-state index contributed by atoms with van der Waals surface area (Å²) in [5.41, 5.74) is 0.863. The predicted molar refractivity (Wildman–Crippen MR) is 78.2 cm³/mol. The second-order valence-electron chi connectivity index (χ2n) is 3.79. The fourth-order valence-electron chi connectivity index (χ4n) is 1.48. The van der Waals surface area contributed by atoms with Crippen LogP contribution in [0.15, 0.2) is 16.6 Å². The van der Waals surface area contributed by atoms with Gasteiger partial charge in [0.1, 0.15) is 0 Å². The number of aliphatic hydroxyl groups excluding tert-OH is 1. The molecule has 0 bridgehead atoms. The Morgan fingerprint density at radius 1 is 1.06 bits per heavy atom. The average molecular weight is 341 g/mol. The van der Waals surface area contributed by atoms with Gasteiger partial charge in [-0.2, -0.15) is 0 Å². The first-order chi connectivity index (χ1) is 8.16. The van der Waals surface area contributed by atoms with Crippen LogP contribution in [0.25, 0.3) is 0 Å². The van der Waals surface area contributed by atoms with Gasteiger partial charge < -0.3 is 10.4 Å². The second kappa shape index (κ2) is 8.20. The van der Waals surface area contributed by atoms with Crippen LogP contribution in [0.1, 0.15) is 25.7 Å². The molecule has 0 spiro atoms. The van der Waals surface area contributed by atoms with Gasteiger partial charge in [0, 0.05) is 17.6 Å². The first-order valence-electron chi connectivity index (χ1n) is 5.65. The lowest BCUT2D eigenvalue weighted by Gasteiger charge is -2.10. The van der Waals surface area contributed by atoms with Crippen LogP contribution >= 0.6 is 39.1 Å². The van der Waals surface area contributed by atoms with Crippen molar-refractivity contribution in [2.45, 2.75) is 25.7 Å². The molecule has 0 saturated heterocycles. The van der Waals surface area contributed by atoms with Gasteiger partial charge in [-0.25, -0.2) is 0 Å². The molecule has 0 radical (unpaired) electrons. The second-order valence-corrected chi connectivity index (χ2v) is 5.40. The molecule has 0 aliphatic carbocycles. The average Bonchev–Trinajstić information content (AvgIpc) is 2.33. The van der Waals surface area contributed by atoms with E-state index in [2.05, 4.69) is 21.2 Å². The predicted octanol–water partition coefficient (Wildman–Crippen LogP) is 4.72. The molecular formula is C12H16BrCl2NO. The molecule has 1 rings (SSSR count). The molecule has 17 heavy (non-hydrogen) atoms. The molecule has 2 nitrogen and oxygen atoms in total. The van der Waals surface area contributed by atoms with Crippen LogP contribution in [-0.4, -0.2) is 18.3 Å². The van der Waals surface area contributed by atoms with Crippen molar-refractivity contribution in [2.75, 3.05) is 18.5 Å². The molecule has 1 aromatic rings. The molecule has 1 aromatic carbocycles. The molecule has 0 unspecified atom stereocenters. The molecule has 0 heterocycles. The van der Waals surface area contributed by atoms with E-state index in [0.717, 1.165) is 42.4 Å². The maximum atomic E-state index is 8.64. The zero-order chi connectivity index (χ0) is 12.7. The van der Waals surface area contributed by atoms with Crippen molar-refractivity contribution in [3.05, 3.63) is 26.7 Å². The van der Waals surface area contributed by atoms with E-state index in [9.17, 15) is 0 Å². The Hall–Kier alpha value is 0.0400. The van der Waals surface area contributed by atoms with E-state index in [1.54, 1.807) is 0 Å². The van der Waals surface area contributed by atoms with Crippen molar-refractivity contribution in [3.63, 3.8) is 0 Å². The Morgan fingerprint density at radius 3 is 2.47 bits per heavy atom. The van der Waals surface area contributed by atoms with Gasteiger partial charge in [-0.1, -0.05) is 36.0 Å². The summed E-state index contributed by atoms with van der Waals surface area (Å²) in [5.74, 6) is 0. The van der Waals surface area contributed by atoms with E-state index in [0.29, 0.717) is 10.0 Å². The highest BCUT2D eigenvalue weighted by Crippen LogP contribution is 2.35. The molecule has 0 saturated carbocycles. The Balaban J connectivity index is 2.35. The summed E-state index contributed by atoms with van der Waals surface area (Å²) in [4.78, 5) is 0. The third-order valence-corrected chi connectivity index (χ3v) is 4.21. The van der Waals surface area contributed by atoms with E-state index >= 15 is 0 Å². The number of halogens is 3. The third-order valence-electron chi connectivity index (χ3n) is 2.44. The van der Waals surface area contributed by atoms with Gasteiger partial charge in [0.25, 0.3) is 0 Å². The fraction of sp³-hybridized carbons (Fsp3) is 0.500. The van der Waals surface area contributed by atoms with Crippen LogP contribution in [0.5, 0.6) is 0 Å². The molecule has 0 aliphatic heterocycles. The van der Waals surface area contributed by atoms with Crippen molar-refractivity contribution in [1.82, 2.24) is 0 Å². The molecule has 5 heteroatoms. The maximum absolute atomic E-state index is 8.64. The van der Waals surface area contributed by atoms with Crippen LogP contribution in [0.2, 0.25) is 10.0 Å². The van der Waals surface area contributed by atoms with Gasteiger partial charge in [0.05, 0.1) is 15.7 Å². The number of nitrogens with one attached hydrogen (secondary N) is 1. The van der Waals surface area contributed by atoms with Gasteiger partial charge in [0.2, 0.25) is 0 Å². The van der Waals surface area contributed by atoms with Crippen molar-refractivity contribution in [3.8, 4) is 0 Å². The highest BCUT2D eigenvalue weighted by atomic mass is 79.9. The summed E-state index contributed by atoms with van der Waals surface area (Å²) >= 11 is 15.4. The molecule has 0 aromatic heterocycles. The molecule has 96 valence electrons. The first kappa shape index (κ1) is 15.1. The van der Waals surface area contributed by atoms with Crippen LogP contribution in [-0.2, 0) is 0 Å². The maximum Gasteiger partial charge on any atom is 0.0835 e. The van der Waals surface area contributed by atoms with Crippen LogP contribution in [0.4, 0.5) is 5.69 Å². The number of hydrogen-bond donors (Lipinski definition) is 2. The fourth-order valence-corrected chi connectivity index (χ4v) is 2.32. The lowest BCUT2D eigenvalue weighted by molar-refractivity contribution is 0.283. The summed E-state index contributed by atoms with van der Waals surface area (Å²) in [6, 6.07) is 3.79. The molecule has 0 atom stereocenters. The van der Waals surface area contributed by atoms with E-state index in [1.165, 1.54) is 0 Å². The highest BCUT2D eigenvalue weighted by Gasteiger charge is 2.07. The lowest BCUT2D eigenvalue weighted by atomic mass is 10.2. The Labute approximate surface area is 120 Å². The van der Waals surface area contributed by atoms with Crippen molar-refractivity contribution >= 4 is 44.8 Å². The highest BCUT2D eigenvalue weighted by molar-refractivity contribution is 9.10. The van der Waals surface area contributed by atoms with Crippen molar-refractivity contribution in [1.29, 1.82) is 0 Å². The standard InChI is InChI=1S/C12H16BrCl2NO/c13-9-5-6-10(12(15)11(9)14)16-7-3-1-2-4-8-17/h5-6,16-17H,1-4,7-8H2. The minimum Gasteiger partial charge on any atom is -0.396 e. The Morgan fingerprint density at radius 2 is 1.76 bits per heavy atom. The topological polar surface area (TPSA) is 32.3 Å². The SMILES string of the molecule is OCCCCCCNc1ccc(Br)c(Cl)c1Cl. The Bertz CT molecular complexity index is 361. The summed E-state index contributed by atoms with van der Waals surface area (Å²) in [5, 5.41) is 13.0. The Kier molecular flexibility index (Phi) is 7.28. The number of anilines is 1. The first-order valence-corrected chi connectivity index (χ1v) is 7.20. The van der Waals surface area contributed by atoms with Gasteiger partial charge in [-0.15, -0.1) is 0 Å². The van der Waals surface area contributed by atoms with E-state index in [4.69, 9.17) is 28.3 Å². The molecule has 0 amide bonds. The van der Waals surface area contributed by atoms with E-state index in [1.807, 2.05) is 12.1 Å². The van der Waals surface area contributed by atoms with Gasteiger partial charge in [0.15, 0.2) is 0 Å². The number of aliphatic hydroxyl groups is 1. The number of unbranched alkanes of at least 4 members (excludes halogenated alkanes) is 3. The van der Waals surface area contributed by atoms with Crippen LogP contribution in [0.3, 0.4) is 0 Å². The summed E-state index contributed by atoms with van der Waals surface area (Å²) < 4.78 is 0.803. The number of hydrogen-bond acceptors (Lipinski definition) is 2. The van der Waals surface area contributed by atoms with Gasteiger partial charge >= 0.3 is 0 Å². The number of benzene rings is 1. The van der Waals surface area contributed by atoms with Gasteiger partial charge in [-0.3, -0.25) is 0 Å². The molecule has 0 fully saturated rings. The summed E-state index contributed by atoms with van der Waals surface area (Å²) in [6.07, 6.45) is 4.11. The van der Waals surface area contributed by atoms with E-state index in [-0.39, 0.29) is 6.61 Å². The quantitative estimate of drug-likeness (QED) is 0.556. The zero-order valence-electron chi connectivity index (χ0n) is 9.48. The third kappa shape index (κ3) is 5.04. The normalized spacial score (nSPS) is 10.6. The van der Waals surface area contributed by atoms with Crippen molar-refractivity contribution in [2.24, 2.45) is 0 Å². The smallest absolute Gasteiger partial charge is 0.0835 e. The van der Waals surface area contributed by atoms with Crippen LogP contribution in [0, 0.1) is 0 Å². The minimum atomic E-state index is 0.279. The lowest BCUT2D eigenvalue weighted by Crippen LogP contribution is -2.02. The van der Waals surface area contributed by atoms with Crippen molar-refractivity contribution < 1.29 is 5.11 Å².